The van der Waals surface area contributed by atoms with Gasteiger partial charge in [-0.25, -0.2) is 0 Å². The van der Waals surface area contributed by atoms with Crippen LogP contribution in [0.25, 0.3) is 0 Å². The molecule has 1 radical (unpaired) electrons. The van der Waals surface area contributed by atoms with E-state index in [2.05, 4.69) is 13.8 Å². The second-order valence-electron chi connectivity index (χ2n) is 7.15. The molecule has 0 spiro atoms. The SMILES string of the molecule is CCCCCOc1ccc(PC(=O)c2c(C)cccc2Cl)c(OCCCCC)c1.[Li]. The molecule has 2 aromatic carbocycles. The molecule has 0 N–H and O–H groups in total. The molecular formula is C24H32ClLiO3P. The summed E-state index contributed by atoms with van der Waals surface area (Å²) in [7, 11) is -0.0457. The second kappa shape index (κ2) is 14.9. The van der Waals surface area contributed by atoms with Crippen molar-refractivity contribution >= 4 is 49.9 Å². The number of hydrogen-bond donors (Lipinski definition) is 0. The zero-order valence-electron chi connectivity index (χ0n) is 18.7. The molecule has 1 unspecified atom stereocenters. The van der Waals surface area contributed by atoms with Crippen molar-refractivity contribution in [2.75, 3.05) is 13.2 Å². The van der Waals surface area contributed by atoms with Gasteiger partial charge in [-0.3, -0.25) is 4.79 Å². The molecule has 0 aliphatic heterocycles. The van der Waals surface area contributed by atoms with Crippen LogP contribution in [0.15, 0.2) is 36.4 Å². The van der Waals surface area contributed by atoms with E-state index in [9.17, 15) is 4.79 Å². The molecule has 0 amide bonds. The molecule has 0 fully saturated rings. The fourth-order valence-electron chi connectivity index (χ4n) is 3.00. The monoisotopic (exact) mass is 441 g/mol. The molecule has 0 heterocycles. The number of halogens is 1. The molecule has 0 bridgehead atoms. The predicted molar refractivity (Wildman–Crippen MR) is 131 cm³/mol. The molecular weight excluding hydrogens is 410 g/mol. The average molecular weight is 442 g/mol. The number of aryl methyl sites for hydroxylation is 1. The van der Waals surface area contributed by atoms with Crippen LogP contribution in [0.2, 0.25) is 5.02 Å². The minimum Gasteiger partial charge on any atom is -0.493 e. The van der Waals surface area contributed by atoms with Gasteiger partial charge >= 0.3 is 0 Å². The minimum absolute atomic E-state index is 0. The van der Waals surface area contributed by atoms with Crippen molar-refractivity contribution in [3.8, 4) is 11.5 Å². The summed E-state index contributed by atoms with van der Waals surface area (Å²) in [6.45, 7) is 7.60. The first-order chi connectivity index (χ1) is 14.1. The molecule has 0 aliphatic rings. The summed E-state index contributed by atoms with van der Waals surface area (Å²) in [4.78, 5) is 13.0. The smallest absolute Gasteiger partial charge is 0.187 e. The number of hydrogen-bond acceptors (Lipinski definition) is 3. The van der Waals surface area contributed by atoms with E-state index in [1.54, 1.807) is 6.07 Å². The first kappa shape index (κ1) is 27.1. The van der Waals surface area contributed by atoms with Crippen molar-refractivity contribution in [2.45, 2.75) is 59.3 Å². The normalized spacial score (nSPS) is 10.8. The van der Waals surface area contributed by atoms with Crippen LogP contribution in [0.4, 0.5) is 0 Å². The number of carbonyl (C=O) groups excluding carboxylic acids is 1. The van der Waals surface area contributed by atoms with Crippen LogP contribution in [-0.2, 0) is 0 Å². The topological polar surface area (TPSA) is 35.5 Å². The van der Waals surface area contributed by atoms with E-state index in [1.165, 1.54) is 6.42 Å². The summed E-state index contributed by atoms with van der Waals surface area (Å²) in [5.41, 5.74) is 1.53. The van der Waals surface area contributed by atoms with Crippen LogP contribution < -0.4 is 14.8 Å². The van der Waals surface area contributed by atoms with Crippen molar-refractivity contribution in [1.82, 2.24) is 0 Å². The number of rotatable bonds is 13. The van der Waals surface area contributed by atoms with Gasteiger partial charge in [0.15, 0.2) is 5.52 Å². The first-order valence-electron chi connectivity index (χ1n) is 10.5. The number of carbonyl (C=O) groups is 1. The summed E-state index contributed by atoms with van der Waals surface area (Å²) in [6, 6.07) is 11.4. The third kappa shape index (κ3) is 8.64. The predicted octanol–water partition coefficient (Wildman–Crippen LogP) is 6.55. The van der Waals surface area contributed by atoms with Crippen molar-refractivity contribution in [3.63, 3.8) is 0 Å². The Morgan fingerprint density at radius 1 is 0.967 bits per heavy atom. The minimum atomic E-state index is -0.0457. The van der Waals surface area contributed by atoms with Gasteiger partial charge < -0.3 is 9.47 Å². The van der Waals surface area contributed by atoms with E-state index in [0.717, 1.165) is 54.5 Å². The molecule has 0 saturated carbocycles. The van der Waals surface area contributed by atoms with Crippen LogP contribution >= 0.6 is 20.2 Å². The first-order valence-corrected chi connectivity index (χ1v) is 11.9. The molecule has 0 aliphatic carbocycles. The van der Waals surface area contributed by atoms with E-state index in [4.69, 9.17) is 21.1 Å². The van der Waals surface area contributed by atoms with Gasteiger partial charge in [-0.2, -0.15) is 0 Å². The maximum atomic E-state index is 13.0. The van der Waals surface area contributed by atoms with Crippen LogP contribution in [0, 0.1) is 6.92 Å². The molecule has 6 heteroatoms. The second-order valence-corrected chi connectivity index (χ2v) is 8.80. The Morgan fingerprint density at radius 2 is 1.63 bits per heavy atom. The molecule has 0 aromatic heterocycles. The van der Waals surface area contributed by atoms with Crippen molar-refractivity contribution in [1.29, 1.82) is 0 Å². The van der Waals surface area contributed by atoms with Crippen LogP contribution in [-0.4, -0.2) is 37.6 Å². The van der Waals surface area contributed by atoms with Gasteiger partial charge in [0.2, 0.25) is 0 Å². The van der Waals surface area contributed by atoms with E-state index in [1.807, 2.05) is 37.3 Å². The zero-order chi connectivity index (χ0) is 21.1. The Hall–Kier alpha value is -0.973. The summed E-state index contributed by atoms with van der Waals surface area (Å²) in [6.07, 6.45) is 6.63. The summed E-state index contributed by atoms with van der Waals surface area (Å²) < 4.78 is 11.9. The van der Waals surface area contributed by atoms with Gasteiger partial charge in [0.05, 0.1) is 18.2 Å². The summed E-state index contributed by atoms with van der Waals surface area (Å²) in [5.74, 6) is 1.53. The molecule has 30 heavy (non-hydrogen) atoms. The van der Waals surface area contributed by atoms with E-state index in [-0.39, 0.29) is 33.0 Å². The van der Waals surface area contributed by atoms with Crippen molar-refractivity contribution in [3.05, 3.63) is 52.5 Å². The number of benzene rings is 2. The van der Waals surface area contributed by atoms with Gasteiger partial charge in [-0.15, -0.1) is 0 Å². The van der Waals surface area contributed by atoms with Gasteiger partial charge in [0.25, 0.3) is 0 Å². The maximum Gasteiger partial charge on any atom is 0.187 e. The van der Waals surface area contributed by atoms with Gasteiger partial charge in [0, 0.05) is 35.8 Å². The maximum absolute atomic E-state index is 13.0. The molecule has 2 aromatic rings. The van der Waals surface area contributed by atoms with Gasteiger partial charge in [-0.1, -0.05) is 63.3 Å². The zero-order valence-corrected chi connectivity index (χ0v) is 20.5. The van der Waals surface area contributed by atoms with Crippen molar-refractivity contribution in [2.24, 2.45) is 0 Å². The van der Waals surface area contributed by atoms with E-state index in [0.29, 0.717) is 23.8 Å². The largest absolute Gasteiger partial charge is 0.493 e. The Labute approximate surface area is 200 Å². The molecule has 159 valence electrons. The molecule has 1 atom stereocenters. The number of unbranched alkanes of at least 4 members (excludes halogenated alkanes) is 4. The summed E-state index contributed by atoms with van der Waals surface area (Å²) >= 11 is 6.29. The van der Waals surface area contributed by atoms with Crippen LogP contribution in [0.5, 0.6) is 11.5 Å². The fourth-order valence-corrected chi connectivity index (χ4v) is 4.52. The Kier molecular flexibility index (Phi) is 13.5. The fraction of sp³-hybridized carbons (Fsp3) is 0.458. The van der Waals surface area contributed by atoms with Gasteiger partial charge in [0.1, 0.15) is 11.5 Å². The van der Waals surface area contributed by atoms with Gasteiger partial charge in [-0.05, 0) is 52.1 Å². The summed E-state index contributed by atoms with van der Waals surface area (Å²) in [5, 5.41) is 1.40. The molecule has 0 saturated heterocycles. The Balaban J connectivity index is 0.00000450. The van der Waals surface area contributed by atoms with E-state index >= 15 is 0 Å². The van der Waals surface area contributed by atoms with Crippen molar-refractivity contribution < 1.29 is 14.3 Å². The Morgan fingerprint density at radius 3 is 2.27 bits per heavy atom. The van der Waals surface area contributed by atoms with E-state index < -0.39 is 0 Å². The number of ether oxygens (including phenoxy) is 2. The average Bonchev–Trinajstić information content (AvgIpc) is 2.70. The van der Waals surface area contributed by atoms with Crippen LogP contribution in [0.1, 0.15) is 68.3 Å². The Bertz CT molecular complexity index is 778. The molecule has 2 rings (SSSR count). The standard InChI is InChI=1S/C24H32ClO3P.Li/c1-4-6-8-15-27-19-13-14-22(21(17-19)28-16-9-7-5-2)29-24(26)23-18(3)11-10-12-20(23)25;/h10-14,17,29H,4-9,15-16H2,1-3H3;. The third-order valence-electron chi connectivity index (χ3n) is 4.67. The molecule has 3 nitrogen and oxygen atoms in total. The third-order valence-corrected chi connectivity index (χ3v) is 6.15. The van der Waals surface area contributed by atoms with Crippen LogP contribution in [0.3, 0.4) is 0 Å². The quantitative estimate of drug-likeness (QED) is 0.201.